The summed E-state index contributed by atoms with van der Waals surface area (Å²) in [5.41, 5.74) is 0.379. The van der Waals surface area contributed by atoms with E-state index in [0.717, 1.165) is 44.9 Å². The summed E-state index contributed by atoms with van der Waals surface area (Å²) in [5, 5.41) is 3.38. The van der Waals surface area contributed by atoms with Gasteiger partial charge in [-0.1, -0.05) is 13.8 Å². The molecule has 0 aromatic heterocycles. The van der Waals surface area contributed by atoms with Crippen LogP contribution in [0, 0.1) is 11.3 Å². The van der Waals surface area contributed by atoms with Crippen LogP contribution in [0.5, 0.6) is 0 Å². The molecule has 2 rings (SSSR count). The number of nitrogens with zero attached hydrogens (tertiary/aromatic N) is 1. The molecule has 0 aromatic carbocycles. The van der Waals surface area contributed by atoms with Gasteiger partial charge in [-0.25, -0.2) is 0 Å². The highest BCUT2D eigenvalue weighted by Crippen LogP contribution is 2.33. The first-order chi connectivity index (χ1) is 8.63. The van der Waals surface area contributed by atoms with Crippen LogP contribution in [-0.2, 0) is 4.79 Å². The molecule has 2 aliphatic heterocycles. The highest BCUT2D eigenvalue weighted by Gasteiger charge is 2.34. The van der Waals surface area contributed by atoms with Gasteiger partial charge in [0.1, 0.15) is 0 Å². The van der Waals surface area contributed by atoms with Crippen molar-refractivity contribution in [1.29, 1.82) is 0 Å². The standard InChI is InChI=1S/C15H28N2O.ClH/c1-3-15(2)8-11-17(12-15)14(18)5-4-13-6-9-16-10-7-13;/h13,16H,3-12H2,1-2H3;1H. The van der Waals surface area contributed by atoms with Crippen LogP contribution in [0.15, 0.2) is 0 Å². The third-order valence-electron chi connectivity index (χ3n) is 4.99. The number of halogens is 1. The summed E-state index contributed by atoms with van der Waals surface area (Å²) < 4.78 is 0. The number of hydrogen-bond acceptors (Lipinski definition) is 2. The molecule has 1 atom stereocenters. The van der Waals surface area contributed by atoms with Crippen molar-refractivity contribution in [2.45, 2.75) is 52.4 Å². The average molecular weight is 289 g/mol. The Bertz CT molecular complexity index is 292. The SMILES string of the molecule is CCC1(C)CCN(C(=O)CCC2CCNCC2)C1.Cl. The van der Waals surface area contributed by atoms with Crippen LogP contribution in [0.3, 0.4) is 0 Å². The van der Waals surface area contributed by atoms with Crippen molar-refractivity contribution < 1.29 is 4.79 Å². The van der Waals surface area contributed by atoms with Gasteiger partial charge in [0.05, 0.1) is 0 Å². The Morgan fingerprint density at radius 1 is 1.37 bits per heavy atom. The Hall–Kier alpha value is -0.280. The predicted octanol–water partition coefficient (Wildman–Crippen LogP) is 2.84. The second-order valence-corrected chi connectivity index (χ2v) is 6.46. The normalized spacial score (nSPS) is 28.2. The summed E-state index contributed by atoms with van der Waals surface area (Å²) >= 11 is 0. The minimum Gasteiger partial charge on any atom is -0.342 e. The molecule has 1 amide bonds. The Labute approximate surface area is 123 Å². The molecular formula is C15H29ClN2O. The largest absolute Gasteiger partial charge is 0.342 e. The van der Waals surface area contributed by atoms with Crippen molar-refractivity contribution in [3.05, 3.63) is 0 Å². The van der Waals surface area contributed by atoms with Gasteiger partial charge < -0.3 is 10.2 Å². The molecule has 3 nitrogen and oxygen atoms in total. The zero-order valence-electron chi connectivity index (χ0n) is 12.4. The maximum Gasteiger partial charge on any atom is 0.222 e. The summed E-state index contributed by atoms with van der Waals surface area (Å²) in [7, 11) is 0. The molecule has 2 heterocycles. The number of rotatable bonds is 4. The molecule has 0 spiro atoms. The van der Waals surface area contributed by atoms with E-state index in [4.69, 9.17) is 0 Å². The number of carbonyl (C=O) groups excluding carboxylic acids is 1. The van der Waals surface area contributed by atoms with Crippen molar-refractivity contribution >= 4 is 18.3 Å². The highest BCUT2D eigenvalue weighted by molar-refractivity contribution is 5.85. The minimum absolute atomic E-state index is 0. The van der Waals surface area contributed by atoms with E-state index >= 15 is 0 Å². The monoisotopic (exact) mass is 288 g/mol. The molecular weight excluding hydrogens is 260 g/mol. The van der Waals surface area contributed by atoms with Gasteiger partial charge in [-0.05, 0) is 56.5 Å². The molecule has 4 heteroatoms. The molecule has 1 N–H and O–H groups in total. The maximum absolute atomic E-state index is 12.2. The van der Waals surface area contributed by atoms with Gasteiger partial charge in [-0.2, -0.15) is 0 Å². The van der Waals surface area contributed by atoms with Crippen LogP contribution in [0.1, 0.15) is 52.4 Å². The first-order valence-electron chi connectivity index (χ1n) is 7.61. The van der Waals surface area contributed by atoms with E-state index in [1.807, 2.05) is 0 Å². The van der Waals surface area contributed by atoms with Crippen LogP contribution in [0.4, 0.5) is 0 Å². The average Bonchev–Trinajstić information content (AvgIpc) is 2.81. The molecule has 112 valence electrons. The van der Waals surface area contributed by atoms with Crippen molar-refractivity contribution in [1.82, 2.24) is 10.2 Å². The number of hydrogen-bond donors (Lipinski definition) is 1. The van der Waals surface area contributed by atoms with Crippen LogP contribution >= 0.6 is 12.4 Å². The second kappa shape index (κ2) is 7.49. The van der Waals surface area contributed by atoms with Crippen molar-refractivity contribution in [3.8, 4) is 0 Å². The highest BCUT2D eigenvalue weighted by atomic mass is 35.5. The third kappa shape index (κ3) is 4.64. The van der Waals surface area contributed by atoms with Gasteiger partial charge in [-0.3, -0.25) is 4.79 Å². The third-order valence-corrected chi connectivity index (χ3v) is 4.99. The zero-order valence-corrected chi connectivity index (χ0v) is 13.2. The summed E-state index contributed by atoms with van der Waals surface area (Å²) in [4.78, 5) is 14.3. The number of piperidine rings is 1. The lowest BCUT2D eigenvalue weighted by Crippen LogP contribution is -2.32. The first kappa shape index (κ1) is 16.8. The molecule has 0 radical (unpaired) electrons. The van der Waals surface area contributed by atoms with E-state index in [1.165, 1.54) is 25.7 Å². The Balaban J connectivity index is 0.00000180. The second-order valence-electron chi connectivity index (χ2n) is 6.46. The summed E-state index contributed by atoms with van der Waals surface area (Å²) in [6.07, 6.45) is 6.73. The number of carbonyl (C=O) groups is 1. The number of nitrogens with one attached hydrogen (secondary N) is 1. The molecule has 0 aliphatic carbocycles. The van der Waals surface area contributed by atoms with Crippen LogP contribution < -0.4 is 5.32 Å². The molecule has 1 unspecified atom stereocenters. The van der Waals surface area contributed by atoms with E-state index < -0.39 is 0 Å². The van der Waals surface area contributed by atoms with E-state index in [2.05, 4.69) is 24.1 Å². The Morgan fingerprint density at radius 2 is 2.05 bits per heavy atom. The van der Waals surface area contributed by atoms with Crippen molar-refractivity contribution in [2.24, 2.45) is 11.3 Å². The summed E-state index contributed by atoms with van der Waals surface area (Å²) in [6, 6.07) is 0. The van der Waals surface area contributed by atoms with Gasteiger partial charge in [-0.15, -0.1) is 12.4 Å². The van der Waals surface area contributed by atoms with Crippen LogP contribution in [0.25, 0.3) is 0 Å². The van der Waals surface area contributed by atoms with Gasteiger partial charge in [0, 0.05) is 19.5 Å². The topological polar surface area (TPSA) is 32.3 Å². The van der Waals surface area contributed by atoms with Crippen LogP contribution in [-0.4, -0.2) is 37.0 Å². The predicted molar refractivity (Wildman–Crippen MR) is 81.7 cm³/mol. The molecule has 2 fully saturated rings. The van der Waals surface area contributed by atoms with E-state index in [0.29, 0.717) is 11.3 Å². The molecule has 2 aliphatic rings. The lowest BCUT2D eigenvalue weighted by molar-refractivity contribution is -0.130. The summed E-state index contributed by atoms with van der Waals surface area (Å²) in [6.45, 7) is 8.78. The fraction of sp³-hybridized carbons (Fsp3) is 0.933. The van der Waals surface area contributed by atoms with E-state index in [1.54, 1.807) is 0 Å². The van der Waals surface area contributed by atoms with E-state index in [9.17, 15) is 4.79 Å². The van der Waals surface area contributed by atoms with Crippen LogP contribution in [0.2, 0.25) is 0 Å². The Kier molecular flexibility index (Phi) is 6.61. The fourth-order valence-corrected chi connectivity index (χ4v) is 3.18. The smallest absolute Gasteiger partial charge is 0.222 e. The molecule has 19 heavy (non-hydrogen) atoms. The van der Waals surface area contributed by atoms with Gasteiger partial charge in [0.15, 0.2) is 0 Å². The quantitative estimate of drug-likeness (QED) is 0.863. The summed E-state index contributed by atoms with van der Waals surface area (Å²) in [5.74, 6) is 1.17. The lowest BCUT2D eigenvalue weighted by atomic mass is 9.87. The number of amides is 1. The van der Waals surface area contributed by atoms with Gasteiger partial charge in [0.25, 0.3) is 0 Å². The zero-order chi connectivity index (χ0) is 13.0. The molecule has 2 saturated heterocycles. The first-order valence-corrected chi connectivity index (χ1v) is 7.61. The molecule has 0 saturated carbocycles. The molecule has 0 bridgehead atoms. The van der Waals surface area contributed by atoms with Crippen molar-refractivity contribution in [3.63, 3.8) is 0 Å². The van der Waals surface area contributed by atoms with Crippen molar-refractivity contribution in [2.75, 3.05) is 26.2 Å². The fourth-order valence-electron chi connectivity index (χ4n) is 3.18. The lowest BCUT2D eigenvalue weighted by Gasteiger charge is -2.25. The number of likely N-dealkylation sites (tertiary alicyclic amines) is 1. The Morgan fingerprint density at radius 3 is 2.63 bits per heavy atom. The van der Waals surface area contributed by atoms with Gasteiger partial charge in [0.2, 0.25) is 5.91 Å². The minimum atomic E-state index is 0. The molecule has 0 aromatic rings. The van der Waals surface area contributed by atoms with E-state index in [-0.39, 0.29) is 12.4 Å². The maximum atomic E-state index is 12.2. The van der Waals surface area contributed by atoms with Gasteiger partial charge >= 0.3 is 0 Å².